The van der Waals surface area contributed by atoms with Gasteiger partial charge in [0.1, 0.15) is 5.52 Å². The summed E-state index contributed by atoms with van der Waals surface area (Å²) in [6.45, 7) is 1.87. The lowest BCUT2D eigenvalue weighted by Crippen LogP contribution is -2.12. The highest BCUT2D eigenvalue weighted by atomic mass is 127. The van der Waals surface area contributed by atoms with Crippen molar-refractivity contribution < 1.29 is 19.1 Å². The van der Waals surface area contributed by atoms with Crippen molar-refractivity contribution in [2.45, 2.75) is 25.8 Å². The van der Waals surface area contributed by atoms with Gasteiger partial charge in [-0.15, -0.1) is 0 Å². The Morgan fingerprint density at radius 1 is 1.39 bits per heavy atom. The quantitative estimate of drug-likeness (QED) is 0.308. The number of aryl methyl sites for hydroxylation is 1. The number of carbonyl (C=O) groups is 1. The van der Waals surface area contributed by atoms with Crippen LogP contribution in [-0.2, 0) is 4.84 Å². The third-order valence-corrected chi connectivity index (χ3v) is 4.87. The molecule has 9 heteroatoms. The maximum Gasteiger partial charge on any atom is 0.338 e. The predicted octanol–water partition coefficient (Wildman–Crippen LogP) is 4.36. The number of hydroxylamine groups is 1. The van der Waals surface area contributed by atoms with E-state index >= 15 is 0 Å². The highest BCUT2D eigenvalue weighted by Gasteiger charge is 2.21. The zero-order valence-electron chi connectivity index (χ0n) is 15.3. The van der Waals surface area contributed by atoms with Gasteiger partial charge in [0.05, 0.1) is 30.2 Å². The van der Waals surface area contributed by atoms with Gasteiger partial charge in [-0.2, -0.15) is 5.48 Å². The van der Waals surface area contributed by atoms with Crippen LogP contribution in [0, 0.1) is 16.3 Å². The van der Waals surface area contributed by atoms with E-state index in [1.807, 2.05) is 19.1 Å². The first-order chi connectivity index (χ1) is 13.4. The number of benzene rings is 2. The van der Waals surface area contributed by atoms with Crippen molar-refractivity contribution in [3.8, 4) is 0 Å². The SMILES string of the molecule is CONC1CC1.Cc1cc(I)ccc1Nc1c(C(=O)O)cc2[nH]cnc2c1F. The third kappa shape index (κ3) is 4.78. The van der Waals surface area contributed by atoms with Crippen LogP contribution in [0.3, 0.4) is 0 Å². The van der Waals surface area contributed by atoms with E-state index in [9.17, 15) is 14.3 Å². The van der Waals surface area contributed by atoms with E-state index in [1.165, 1.54) is 25.2 Å². The molecule has 7 nitrogen and oxygen atoms in total. The Labute approximate surface area is 174 Å². The molecule has 0 saturated heterocycles. The van der Waals surface area contributed by atoms with Crippen LogP contribution < -0.4 is 10.8 Å². The van der Waals surface area contributed by atoms with Crippen molar-refractivity contribution in [3.63, 3.8) is 0 Å². The van der Waals surface area contributed by atoms with Gasteiger partial charge in [-0.05, 0) is 72.2 Å². The molecule has 148 valence electrons. The summed E-state index contributed by atoms with van der Waals surface area (Å²) in [5.41, 5.74) is 4.58. The second-order valence-corrected chi connectivity index (χ2v) is 7.64. The van der Waals surface area contributed by atoms with E-state index in [-0.39, 0.29) is 16.8 Å². The van der Waals surface area contributed by atoms with Gasteiger partial charge in [0.2, 0.25) is 0 Å². The first-order valence-corrected chi connectivity index (χ1v) is 9.69. The Balaban J connectivity index is 0.000000320. The maximum absolute atomic E-state index is 14.6. The Bertz CT molecular complexity index is 1000. The van der Waals surface area contributed by atoms with E-state index in [0.717, 1.165) is 9.13 Å². The van der Waals surface area contributed by atoms with E-state index in [1.54, 1.807) is 13.2 Å². The molecular weight excluding hydrogens is 478 g/mol. The van der Waals surface area contributed by atoms with Crippen molar-refractivity contribution in [3.05, 3.63) is 51.1 Å². The first-order valence-electron chi connectivity index (χ1n) is 8.61. The largest absolute Gasteiger partial charge is 0.478 e. The number of carboxylic acid groups (broad SMARTS) is 1. The number of aromatic carboxylic acids is 1. The molecule has 1 fully saturated rings. The number of rotatable bonds is 5. The molecule has 28 heavy (non-hydrogen) atoms. The monoisotopic (exact) mass is 498 g/mol. The molecule has 3 aromatic rings. The van der Waals surface area contributed by atoms with Gasteiger partial charge in [0, 0.05) is 15.3 Å². The van der Waals surface area contributed by atoms with Crippen molar-refractivity contribution in [1.29, 1.82) is 0 Å². The summed E-state index contributed by atoms with van der Waals surface area (Å²) in [6.07, 6.45) is 3.90. The fourth-order valence-corrected chi connectivity index (χ4v) is 3.25. The summed E-state index contributed by atoms with van der Waals surface area (Å²) in [4.78, 5) is 22.7. The fraction of sp³-hybridized carbons (Fsp3) is 0.263. The minimum Gasteiger partial charge on any atom is -0.478 e. The van der Waals surface area contributed by atoms with Crippen molar-refractivity contribution in [2.24, 2.45) is 0 Å². The Morgan fingerprint density at radius 3 is 2.71 bits per heavy atom. The first kappa shape index (κ1) is 20.5. The number of nitrogens with zero attached hydrogens (tertiary/aromatic N) is 1. The number of fused-ring (bicyclic) bond motifs is 1. The second-order valence-electron chi connectivity index (χ2n) is 6.40. The van der Waals surface area contributed by atoms with E-state index in [4.69, 9.17) is 0 Å². The molecule has 0 radical (unpaired) electrons. The Kier molecular flexibility index (Phi) is 6.47. The lowest BCUT2D eigenvalue weighted by molar-refractivity contribution is 0.0697. The summed E-state index contributed by atoms with van der Waals surface area (Å²) >= 11 is 2.18. The van der Waals surface area contributed by atoms with Gasteiger partial charge in [-0.3, -0.25) is 0 Å². The summed E-state index contributed by atoms with van der Waals surface area (Å²) in [5, 5.41) is 12.2. The number of anilines is 2. The van der Waals surface area contributed by atoms with Crippen LogP contribution in [0.15, 0.2) is 30.6 Å². The zero-order valence-corrected chi connectivity index (χ0v) is 17.5. The molecule has 4 rings (SSSR count). The number of nitrogens with one attached hydrogen (secondary N) is 3. The lowest BCUT2D eigenvalue weighted by atomic mass is 10.1. The van der Waals surface area contributed by atoms with Crippen LogP contribution in [0.4, 0.5) is 15.8 Å². The van der Waals surface area contributed by atoms with Crippen LogP contribution in [0.1, 0.15) is 28.8 Å². The van der Waals surface area contributed by atoms with E-state index < -0.39 is 11.8 Å². The minimum absolute atomic E-state index is 0.0867. The number of aromatic amines is 1. The van der Waals surface area contributed by atoms with Crippen LogP contribution in [-0.4, -0.2) is 34.2 Å². The smallest absolute Gasteiger partial charge is 0.338 e. The summed E-state index contributed by atoms with van der Waals surface area (Å²) < 4.78 is 15.7. The fourth-order valence-electron chi connectivity index (χ4n) is 2.60. The normalized spacial score (nSPS) is 13.1. The third-order valence-electron chi connectivity index (χ3n) is 4.19. The van der Waals surface area contributed by atoms with E-state index in [2.05, 4.69) is 48.2 Å². The number of aromatic nitrogens is 2. The summed E-state index contributed by atoms with van der Waals surface area (Å²) in [5.74, 6) is -1.89. The molecular formula is C19H20FIN4O3. The summed E-state index contributed by atoms with van der Waals surface area (Å²) in [7, 11) is 1.65. The Morgan fingerprint density at radius 2 is 2.14 bits per heavy atom. The number of carboxylic acids is 1. The van der Waals surface area contributed by atoms with Crippen LogP contribution in [0.2, 0.25) is 0 Å². The molecule has 1 aliphatic rings. The Hall–Kier alpha value is -2.24. The average molecular weight is 498 g/mol. The van der Waals surface area contributed by atoms with Gasteiger partial charge < -0.3 is 20.2 Å². The minimum atomic E-state index is -1.21. The summed E-state index contributed by atoms with van der Waals surface area (Å²) in [6, 6.07) is 7.62. The molecule has 0 spiro atoms. The molecule has 0 atom stereocenters. The van der Waals surface area contributed by atoms with Crippen LogP contribution in [0.5, 0.6) is 0 Å². The zero-order chi connectivity index (χ0) is 20.3. The molecule has 1 heterocycles. The molecule has 1 aromatic heterocycles. The van der Waals surface area contributed by atoms with Gasteiger partial charge in [-0.25, -0.2) is 14.2 Å². The predicted molar refractivity (Wildman–Crippen MR) is 113 cm³/mol. The highest BCUT2D eigenvalue weighted by Crippen LogP contribution is 2.31. The molecule has 1 saturated carbocycles. The van der Waals surface area contributed by atoms with Crippen molar-refractivity contribution >= 4 is 51.0 Å². The molecule has 1 aliphatic carbocycles. The molecule has 0 bridgehead atoms. The number of H-pyrrole nitrogens is 1. The molecule has 0 amide bonds. The molecule has 0 unspecified atom stereocenters. The van der Waals surface area contributed by atoms with Crippen molar-refractivity contribution in [1.82, 2.24) is 15.4 Å². The highest BCUT2D eigenvalue weighted by molar-refractivity contribution is 14.1. The van der Waals surface area contributed by atoms with Gasteiger partial charge in [-0.1, -0.05) is 0 Å². The van der Waals surface area contributed by atoms with Gasteiger partial charge in [0.25, 0.3) is 0 Å². The molecule has 2 aromatic carbocycles. The van der Waals surface area contributed by atoms with Gasteiger partial charge >= 0.3 is 5.97 Å². The van der Waals surface area contributed by atoms with Crippen LogP contribution >= 0.6 is 22.6 Å². The second kappa shape index (κ2) is 8.84. The number of hydrogen-bond acceptors (Lipinski definition) is 5. The number of halogens is 2. The standard InChI is InChI=1S/C15H11FIN3O2.C4H9NO/c1-7-4-8(17)2-3-10(7)20-13-9(15(21)22)5-11-14(12(13)16)19-6-18-11;1-6-5-4-2-3-4/h2-6,20H,1H3,(H,18,19)(H,21,22);4-5H,2-3H2,1H3. The maximum atomic E-state index is 14.6. The topological polar surface area (TPSA) is 99.3 Å². The van der Waals surface area contributed by atoms with Gasteiger partial charge in [0.15, 0.2) is 5.82 Å². The van der Waals surface area contributed by atoms with Crippen LogP contribution in [0.25, 0.3) is 11.0 Å². The number of hydrogen-bond donors (Lipinski definition) is 4. The molecule has 4 N–H and O–H groups in total. The average Bonchev–Trinajstić information content (AvgIpc) is 3.33. The molecule has 0 aliphatic heterocycles. The number of imidazole rings is 1. The van der Waals surface area contributed by atoms with Crippen molar-refractivity contribution in [2.75, 3.05) is 12.4 Å². The lowest BCUT2D eigenvalue weighted by Gasteiger charge is -2.13. The van der Waals surface area contributed by atoms with E-state index in [0.29, 0.717) is 17.2 Å².